The average molecular weight is 405 g/mol. The summed E-state index contributed by atoms with van der Waals surface area (Å²) in [5, 5.41) is 9.60. The van der Waals surface area contributed by atoms with Crippen LogP contribution in [0.3, 0.4) is 0 Å². The Morgan fingerprint density at radius 3 is 2.13 bits per heavy atom. The molecule has 3 heteroatoms. The van der Waals surface area contributed by atoms with Crippen LogP contribution in [0.4, 0.5) is 11.4 Å². The van der Waals surface area contributed by atoms with Crippen LogP contribution in [-0.4, -0.2) is 24.9 Å². The van der Waals surface area contributed by atoms with Crippen molar-refractivity contribution in [3.8, 4) is 22.3 Å². The van der Waals surface area contributed by atoms with Crippen LogP contribution in [0, 0.1) is 0 Å². The van der Waals surface area contributed by atoms with Crippen molar-refractivity contribution >= 4 is 17.1 Å². The van der Waals surface area contributed by atoms with Crippen molar-refractivity contribution in [3.63, 3.8) is 0 Å². The molecule has 31 heavy (non-hydrogen) atoms. The second-order valence-corrected chi connectivity index (χ2v) is 8.00. The number of hydrogen-bond acceptors (Lipinski definition) is 3. The highest BCUT2D eigenvalue weighted by Crippen LogP contribution is 2.44. The fraction of sp³-hybridized carbons (Fsp3) is 0.107. The SMILES string of the molecule is CN(C)c1ccc(N=C2c3ccccc3-c3c2cccc3-c2cccc(CO)c2)cc1. The zero-order valence-corrected chi connectivity index (χ0v) is 17.7. The average Bonchev–Trinajstić information content (AvgIpc) is 3.13. The van der Waals surface area contributed by atoms with Gasteiger partial charge in [-0.25, -0.2) is 4.99 Å². The number of fused-ring (bicyclic) bond motifs is 3. The molecule has 1 N–H and O–H groups in total. The smallest absolute Gasteiger partial charge is 0.0794 e. The molecule has 0 aliphatic heterocycles. The first-order valence-corrected chi connectivity index (χ1v) is 10.4. The third-order valence-corrected chi connectivity index (χ3v) is 5.80. The van der Waals surface area contributed by atoms with Crippen molar-refractivity contribution in [1.29, 1.82) is 0 Å². The van der Waals surface area contributed by atoms with Crippen molar-refractivity contribution in [2.24, 2.45) is 4.99 Å². The Hall–Kier alpha value is -3.69. The molecule has 0 bridgehead atoms. The highest BCUT2D eigenvalue weighted by atomic mass is 16.3. The summed E-state index contributed by atoms with van der Waals surface area (Å²) in [5.74, 6) is 0. The van der Waals surface area contributed by atoms with Gasteiger partial charge < -0.3 is 10.0 Å². The van der Waals surface area contributed by atoms with Gasteiger partial charge in [-0.2, -0.15) is 0 Å². The first-order chi connectivity index (χ1) is 15.2. The monoisotopic (exact) mass is 404 g/mol. The molecule has 0 spiro atoms. The summed E-state index contributed by atoms with van der Waals surface area (Å²) in [5.41, 5.74) is 11.0. The minimum absolute atomic E-state index is 0.0368. The molecule has 0 atom stereocenters. The van der Waals surface area contributed by atoms with Gasteiger partial charge in [0.25, 0.3) is 0 Å². The number of aliphatic hydroxyl groups is 1. The number of aliphatic imine (C=N–C) groups is 1. The van der Waals surface area contributed by atoms with E-state index in [4.69, 9.17) is 4.99 Å². The van der Waals surface area contributed by atoms with Crippen LogP contribution in [0.15, 0.2) is 96.0 Å². The standard InChI is InChI=1S/C28H24N2O/c1-30(2)22-15-13-21(14-16-22)29-28-25-10-4-3-9-24(25)27-23(11-6-12-26(27)28)20-8-5-7-19(17-20)18-31/h3-17,31H,18H2,1-2H3. The van der Waals surface area contributed by atoms with E-state index in [-0.39, 0.29) is 6.61 Å². The fourth-order valence-electron chi connectivity index (χ4n) is 4.25. The molecule has 0 saturated heterocycles. The van der Waals surface area contributed by atoms with Gasteiger partial charge in [0.1, 0.15) is 0 Å². The van der Waals surface area contributed by atoms with E-state index in [1.807, 2.05) is 26.2 Å². The minimum atomic E-state index is 0.0368. The van der Waals surface area contributed by atoms with Gasteiger partial charge >= 0.3 is 0 Å². The summed E-state index contributed by atoms with van der Waals surface area (Å²) in [6.45, 7) is 0.0368. The van der Waals surface area contributed by atoms with Crippen LogP contribution in [-0.2, 0) is 6.61 Å². The Morgan fingerprint density at radius 1 is 0.710 bits per heavy atom. The van der Waals surface area contributed by atoms with E-state index in [9.17, 15) is 5.11 Å². The van der Waals surface area contributed by atoms with E-state index < -0.39 is 0 Å². The summed E-state index contributed by atoms with van der Waals surface area (Å²) in [7, 11) is 4.08. The fourth-order valence-corrected chi connectivity index (χ4v) is 4.25. The lowest BCUT2D eigenvalue weighted by Gasteiger charge is -2.12. The minimum Gasteiger partial charge on any atom is -0.392 e. The molecule has 3 nitrogen and oxygen atoms in total. The lowest BCUT2D eigenvalue weighted by atomic mass is 9.93. The third-order valence-electron chi connectivity index (χ3n) is 5.80. The Bertz CT molecular complexity index is 1290. The van der Waals surface area contributed by atoms with E-state index >= 15 is 0 Å². The Morgan fingerprint density at radius 2 is 1.39 bits per heavy atom. The largest absolute Gasteiger partial charge is 0.392 e. The first kappa shape index (κ1) is 19.3. The van der Waals surface area contributed by atoms with E-state index in [1.54, 1.807) is 0 Å². The molecule has 4 aromatic rings. The van der Waals surface area contributed by atoms with E-state index in [1.165, 1.54) is 11.1 Å². The maximum atomic E-state index is 9.60. The number of benzene rings is 4. The zero-order valence-electron chi connectivity index (χ0n) is 17.7. The predicted molar refractivity (Wildman–Crippen MR) is 129 cm³/mol. The summed E-state index contributed by atoms with van der Waals surface area (Å²) in [4.78, 5) is 7.16. The molecule has 0 unspecified atom stereocenters. The molecule has 0 radical (unpaired) electrons. The molecule has 0 saturated carbocycles. The summed E-state index contributed by atoms with van der Waals surface area (Å²) >= 11 is 0. The van der Waals surface area contributed by atoms with Crippen molar-refractivity contribution in [2.45, 2.75) is 6.61 Å². The second-order valence-electron chi connectivity index (χ2n) is 8.00. The molecule has 1 aliphatic carbocycles. The summed E-state index contributed by atoms with van der Waals surface area (Å²) in [6.07, 6.45) is 0. The number of nitrogens with zero attached hydrogens (tertiary/aromatic N) is 2. The van der Waals surface area contributed by atoms with E-state index in [0.29, 0.717) is 0 Å². The molecular formula is C28H24N2O. The number of rotatable bonds is 4. The molecule has 1 aliphatic rings. The van der Waals surface area contributed by atoms with Crippen LogP contribution >= 0.6 is 0 Å². The molecule has 4 aromatic carbocycles. The zero-order chi connectivity index (χ0) is 21.4. The molecule has 0 aromatic heterocycles. The summed E-state index contributed by atoms with van der Waals surface area (Å²) < 4.78 is 0. The normalized spacial score (nSPS) is 13.2. The van der Waals surface area contributed by atoms with E-state index in [2.05, 4.69) is 83.8 Å². The Labute approximate surface area is 183 Å². The molecule has 152 valence electrons. The highest BCUT2D eigenvalue weighted by Gasteiger charge is 2.27. The van der Waals surface area contributed by atoms with Crippen molar-refractivity contribution in [1.82, 2.24) is 0 Å². The predicted octanol–water partition coefficient (Wildman–Crippen LogP) is 6.06. The van der Waals surface area contributed by atoms with Crippen LogP contribution in [0.5, 0.6) is 0 Å². The van der Waals surface area contributed by atoms with Crippen LogP contribution < -0.4 is 4.90 Å². The van der Waals surface area contributed by atoms with Gasteiger partial charge in [0, 0.05) is 30.9 Å². The molecule has 5 rings (SSSR count). The maximum Gasteiger partial charge on any atom is 0.0794 e. The van der Waals surface area contributed by atoms with Crippen LogP contribution in [0.25, 0.3) is 22.3 Å². The number of anilines is 1. The molecule has 0 amide bonds. The van der Waals surface area contributed by atoms with Crippen LogP contribution in [0.1, 0.15) is 16.7 Å². The van der Waals surface area contributed by atoms with Gasteiger partial charge in [-0.05, 0) is 58.1 Å². The van der Waals surface area contributed by atoms with Gasteiger partial charge in [0.05, 0.1) is 18.0 Å². The second kappa shape index (κ2) is 7.86. The maximum absolute atomic E-state index is 9.60. The molecular weight excluding hydrogens is 380 g/mol. The van der Waals surface area contributed by atoms with Gasteiger partial charge in [-0.15, -0.1) is 0 Å². The quantitative estimate of drug-likeness (QED) is 0.395. The van der Waals surface area contributed by atoms with Gasteiger partial charge in [0.15, 0.2) is 0 Å². The third kappa shape index (κ3) is 3.43. The van der Waals surface area contributed by atoms with Gasteiger partial charge in [-0.1, -0.05) is 60.7 Å². The lowest BCUT2D eigenvalue weighted by Crippen LogP contribution is -2.07. The topological polar surface area (TPSA) is 35.8 Å². The molecule has 0 fully saturated rings. The van der Waals surface area contributed by atoms with E-state index in [0.717, 1.165) is 44.9 Å². The lowest BCUT2D eigenvalue weighted by molar-refractivity contribution is 0.282. The summed E-state index contributed by atoms with van der Waals surface area (Å²) in [6, 6.07) is 31.3. The first-order valence-electron chi connectivity index (χ1n) is 10.4. The van der Waals surface area contributed by atoms with Gasteiger partial charge in [0.2, 0.25) is 0 Å². The Kier molecular flexibility index (Phi) is 4.89. The van der Waals surface area contributed by atoms with Crippen molar-refractivity contribution in [3.05, 3.63) is 108 Å². The molecule has 0 heterocycles. The number of hydrogen-bond donors (Lipinski definition) is 1. The number of aliphatic hydroxyl groups excluding tert-OH is 1. The van der Waals surface area contributed by atoms with Crippen molar-refractivity contribution < 1.29 is 5.11 Å². The Balaban J connectivity index is 1.69. The van der Waals surface area contributed by atoms with Gasteiger partial charge in [-0.3, -0.25) is 0 Å². The van der Waals surface area contributed by atoms with Crippen LogP contribution in [0.2, 0.25) is 0 Å². The highest BCUT2D eigenvalue weighted by molar-refractivity contribution is 6.26. The van der Waals surface area contributed by atoms with Crippen molar-refractivity contribution in [2.75, 3.05) is 19.0 Å².